The average Bonchev–Trinajstić information content (AvgIpc) is 2.71. The first-order valence-corrected chi connectivity index (χ1v) is 6.17. The average molecular weight is 256 g/mol. The van der Waals surface area contributed by atoms with Crippen LogP contribution in [0.25, 0.3) is 0 Å². The quantitative estimate of drug-likeness (QED) is 0.645. The van der Waals surface area contributed by atoms with Crippen molar-refractivity contribution in [1.82, 2.24) is 15.6 Å². The van der Waals surface area contributed by atoms with Crippen LogP contribution in [0.15, 0.2) is 5.38 Å². The van der Waals surface area contributed by atoms with Crippen LogP contribution in [0.4, 0.5) is 5.13 Å². The number of aromatic nitrogens is 1. The van der Waals surface area contributed by atoms with E-state index < -0.39 is 0 Å². The second-order valence-electron chi connectivity index (χ2n) is 3.43. The van der Waals surface area contributed by atoms with E-state index in [-0.39, 0.29) is 11.8 Å². The van der Waals surface area contributed by atoms with E-state index in [4.69, 9.17) is 0 Å². The number of thiazole rings is 1. The molecule has 7 heteroatoms. The Labute approximate surface area is 104 Å². The molecular weight excluding hydrogens is 240 g/mol. The normalized spacial score (nSPS) is 10.0. The lowest BCUT2D eigenvalue weighted by Crippen LogP contribution is -2.26. The third-order valence-electron chi connectivity index (χ3n) is 1.91. The molecule has 0 atom stereocenters. The summed E-state index contributed by atoms with van der Waals surface area (Å²) in [6.07, 6.45) is 0.866. The molecule has 0 unspecified atom stereocenters. The monoisotopic (exact) mass is 256 g/mol. The Bertz CT molecular complexity index is 391. The number of anilines is 1. The third kappa shape index (κ3) is 4.92. The molecule has 0 aromatic carbocycles. The van der Waals surface area contributed by atoms with Gasteiger partial charge in [0.15, 0.2) is 5.13 Å². The number of nitrogens with zero attached hydrogens (tertiary/aromatic N) is 1. The number of hydrogen-bond donors (Lipinski definition) is 3. The van der Waals surface area contributed by atoms with Gasteiger partial charge in [0.1, 0.15) is 5.69 Å². The van der Waals surface area contributed by atoms with Crippen molar-refractivity contribution in [2.75, 3.05) is 25.5 Å². The summed E-state index contributed by atoms with van der Waals surface area (Å²) in [5.74, 6) is -0.408. The van der Waals surface area contributed by atoms with Gasteiger partial charge in [-0.2, -0.15) is 0 Å². The topological polar surface area (TPSA) is 83.1 Å². The summed E-state index contributed by atoms with van der Waals surface area (Å²) in [5, 5.41) is 10.3. The maximum atomic E-state index is 11.6. The number of rotatable bonds is 6. The number of nitrogens with one attached hydrogen (secondary N) is 3. The smallest absolute Gasteiger partial charge is 0.270 e. The van der Waals surface area contributed by atoms with E-state index in [2.05, 4.69) is 20.9 Å². The van der Waals surface area contributed by atoms with Gasteiger partial charge in [-0.1, -0.05) is 0 Å². The first-order valence-electron chi connectivity index (χ1n) is 5.29. The zero-order valence-corrected chi connectivity index (χ0v) is 10.7. The molecule has 0 aliphatic rings. The van der Waals surface area contributed by atoms with Gasteiger partial charge in [0, 0.05) is 18.8 Å². The molecule has 1 rings (SSSR count). The van der Waals surface area contributed by atoms with Crippen molar-refractivity contribution in [3.8, 4) is 0 Å². The van der Waals surface area contributed by atoms with Crippen molar-refractivity contribution < 1.29 is 9.59 Å². The third-order valence-corrected chi connectivity index (χ3v) is 2.67. The summed E-state index contributed by atoms with van der Waals surface area (Å²) in [4.78, 5) is 26.4. The predicted octanol–water partition coefficient (Wildman–Crippen LogP) is 0.441. The molecule has 0 aliphatic carbocycles. The van der Waals surface area contributed by atoms with E-state index in [0.717, 1.165) is 13.0 Å². The van der Waals surface area contributed by atoms with Gasteiger partial charge in [0.2, 0.25) is 5.91 Å². The van der Waals surface area contributed by atoms with Crippen molar-refractivity contribution in [1.29, 1.82) is 0 Å². The second kappa shape index (κ2) is 6.97. The standard InChI is InChI=1S/C10H16N4O2S/c1-7(15)13-10-14-8(6-17-10)9(16)12-5-3-4-11-2/h6,11H,3-5H2,1-2H3,(H,12,16)(H,13,14,15). The maximum absolute atomic E-state index is 11.6. The van der Waals surface area contributed by atoms with Crippen LogP contribution in [0.2, 0.25) is 0 Å². The fraction of sp³-hybridized carbons (Fsp3) is 0.500. The molecule has 17 heavy (non-hydrogen) atoms. The molecule has 0 fully saturated rings. The van der Waals surface area contributed by atoms with Crippen LogP contribution in [0.3, 0.4) is 0 Å². The fourth-order valence-electron chi connectivity index (χ4n) is 1.14. The molecule has 1 aromatic heterocycles. The SMILES string of the molecule is CNCCCNC(=O)c1csc(NC(C)=O)n1. The molecule has 2 amide bonds. The zero-order chi connectivity index (χ0) is 12.7. The van der Waals surface area contributed by atoms with Crippen LogP contribution >= 0.6 is 11.3 Å². The number of carbonyl (C=O) groups is 2. The lowest BCUT2D eigenvalue weighted by molar-refractivity contribution is -0.114. The maximum Gasteiger partial charge on any atom is 0.270 e. The molecule has 0 aliphatic heterocycles. The molecule has 1 heterocycles. The molecule has 1 aromatic rings. The van der Waals surface area contributed by atoms with Gasteiger partial charge in [-0.05, 0) is 20.0 Å². The number of carbonyl (C=O) groups excluding carboxylic acids is 2. The highest BCUT2D eigenvalue weighted by Gasteiger charge is 2.10. The molecule has 3 N–H and O–H groups in total. The first kappa shape index (κ1) is 13.6. The molecule has 0 bridgehead atoms. The summed E-state index contributed by atoms with van der Waals surface area (Å²) < 4.78 is 0. The summed E-state index contributed by atoms with van der Waals surface area (Å²) >= 11 is 1.23. The lowest BCUT2D eigenvalue weighted by atomic mass is 10.4. The number of hydrogen-bond acceptors (Lipinski definition) is 5. The Morgan fingerprint density at radius 3 is 2.82 bits per heavy atom. The molecule has 94 valence electrons. The Kier molecular flexibility index (Phi) is 5.58. The van der Waals surface area contributed by atoms with Gasteiger partial charge in [-0.15, -0.1) is 11.3 Å². The van der Waals surface area contributed by atoms with Crippen LogP contribution in [-0.4, -0.2) is 36.9 Å². The van der Waals surface area contributed by atoms with Crippen LogP contribution in [0.5, 0.6) is 0 Å². The van der Waals surface area contributed by atoms with Gasteiger partial charge < -0.3 is 16.0 Å². The molecule has 6 nitrogen and oxygen atoms in total. The van der Waals surface area contributed by atoms with Crippen molar-refractivity contribution in [3.63, 3.8) is 0 Å². The van der Waals surface area contributed by atoms with E-state index in [1.165, 1.54) is 18.3 Å². The second-order valence-corrected chi connectivity index (χ2v) is 4.29. The Morgan fingerprint density at radius 1 is 1.41 bits per heavy atom. The Balaban J connectivity index is 2.41. The van der Waals surface area contributed by atoms with Crippen molar-refractivity contribution in [3.05, 3.63) is 11.1 Å². The minimum Gasteiger partial charge on any atom is -0.351 e. The van der Waals surface area contributed by atoms with Crippen molar-refractivity contribution >= 4 is 28.3 Å². The Morgan fingerprint density at radius 2 is 2.18 bits per heavy atom. The van der Waals surface area contributed by atoms with Gasteiger partial charge in [0.25, 0.3) is 5.91 Å². The minimum atomic E-state index is -0.214. The van der Waals surface area contributed by atoms with Crippen LogP contribution in [0.1, 0.15) is 23.8 Å². The summed E-state index contributed by atoms with van der Waals surface area (Å²) in [7, 11) is 1.86. The van der Waals surface area contributed by atoms with Gasteiger partial charge >= 0.3 is 0 Å². The number of amides is 2. The summed E-state index contributed by atoms with van der Waals surface area (Å²) in [5.41, 5.74) is 0.336. The first-order chi connectivity index (χ1) is 8.13. The van der Waals surface area contributed by atoms with Gasteiger partial charge in [-0.3, -0.25) is 9.59 Å². The van der Waals surface area contributed by atoms with Crippen LogP contribution in [0, 0.1) is 0 Å². The largest absolute Gasteiger partial charge is 0.351 e. The van der Waals surface area contributed by atoms with E-state index in [9.17, 15) is 9.59 Å². The van der Waals surface area contributed by atoms with Crippen LogP contribution in [-0.2, 0) is 4.79 Å². The molecule has 0 radical (unpaired) electrons. The van der Waals surface area contributed by atoms with Gasteiger partial charge in [-0.25, -0.2) is 4.98 Å². The van der Waals surface area contributed by atoms with E-state index in [0.29, 0.717) is 17.4 Å². The highest BCUT2D eigenvalue weighted by Crippen LogP contribution is 2.14. The fourth-order valence-corrected chi connectivity index (χ4v) is 1.88. The highest BCUT2D eigenvalue weighted by atomic mass is 32.1. The summed E-state index contributed by atoms with van der Waals surface area (Å²) in [6.45, 7) is 2.86. The minimum absolute atomic E-state index is 0.194. The summed E-state index contributed by atoms with van der Waals surface area (Å²) in [6, 6.07) is 0. The van der Waals surface area contributed by atoms with Crippen LogP contribution < -0.4 is 16.0 Å². The molecule has 0 saturated heterocycles. The van der Waals surface area contributed by atoms with Crippen molar-refractivity contribution in [2.45, 2.75) is 13.3 Å². The van der Waals surface area contributed by atoms with Crippen molar-refractivity contribution in [2.24, 2.45) is 0 Å². The van der Waals surface area contributed by atoms with E-state index >= 15 is 0 Å². The Hall–Kier alpha value is -1.47. The predicted molar refractivity (Wildman–Crippen MR) is 67.3 cm³/mol. The van der Waals surface area contributed by atoms with E-state index in [1.807, 2.05) is 7.05 Å². The van der Waals surface area contributed by atoms with E-state index in [1.54, 1.807) is 5.38 Å². The molecular formula is C10H16N4O2S. The molecule has 0 saturated carbocycles. The molecule has 0 spiro atoms. The zero-order valence-electron chi connectivity index (χ0n) is 9.87. The lowest BCUT2D eigenvalue weighted by Gasteiger charge is -2.02. The van der Waals surface area contributed by atoms with Gasteiger partial charge in [0.05, 0.1) is 0 Å². The highest BCUT2D eigenvalue weighted by molar-refractivity contribution is 7.14.